The van der Waals surface area contributed by atoms with E-state index in [1.165, 1.54) is 11.3 Å². The number of aliphatic hydroxyl groups excluding tert-OH is 1. The minimum absolute atomic E-state index is 0.226. The van der Waals surface area contributed by atoms with Crippen molar-refractivity contribution in [2.24, 2.45) is 0 Å². The third-order valence-electron chi connectivity index (χ3n) is 1.92. The summed E-state index contributed by atoms with van der Waals surface area (Å²) >= 11 is 1.20. The van der Waals surface area contributed by atoms with E-state index >= 15 is 0 Å². The standard InChI is InChI=1S/C9H16N4O2S/c1-5(14)3-4-12-8(15)6-7(10)13-9(11-2)16-6/h5,14H,3-4,10H2,1-2H3,(H,11,13)(H,12,15). The maximum atomic E-state index is 11.6. The molecule has 1 aromatic rings. The van der Waals surface area contributed by atoms with Crippen LogP contribution in [0.2, 0.25) is 0 Å². The van der Waals surface area contributed by atoms with Gasteiger partial charge in [0.05, 0.1) is 6.10 Å². The highest BCUT2D eigenvalue weighted by Crippen LogP contribution is 2.23. The molecule has 1 unspecified atom stereocenters. The van der Waals surface area contributed by atoms with Gasteiger partial charge in [0.25, 0.3) is 5.91 Å². The van der Waals surface area contributed by atoms with Crippen LogP contribution in [0.1, 0.15) is 23.0 Å². The summed E-state index contributed by atoms with van der Waals surface area (Å²) in [5.41, 5.74) is 5.60. The first-order chi connectivity index (χ1) is 7.54. The molecule has 0 bridgehead atoms. The molecule has 0 spiro atoms. The molecular weight excluding hydrogens is 228 g/mol. The van der Waals surface area contributed by atoms with E-state index in [0.717, 1.165) is 0 Å². The number of hydrogen-bond acceptors (Lipinski definition) is 6. The molecule has 0 aliphatic rings. The molecule has 0 saturated carbocycles. The van der Waals surface area contributed by atoms with Gasteiger partial charge in [0.2, 0.25) is 0 Å². The molecule has 7 heteroatoms. The van der Waals surface area contributed by atoms with Gasteiger partial charge in [-0.2, -0.15) is 0 Å². The second-order valence-electron chi connectivity index (χ2n) is 3.38. The largest absolute Gasteiger partial charge is 0.393 e. The lowest BCUT2D eigenvalue weighted by Crippen LogP contribution is -2.26. The molecule has 0 aliphatic carbocycles. The van der Waals surface area contributed by atoms with E-state index in [-0.39, 0.29) is 11.7 Å². The molecule has 16 heavy (non-hydrogen) atoms. The van der Waals surface area contributed by atoms with Crippen LogP contribution in [0.3, 0.4) is 0 Å². The SMILES string of the molecule is CNc1nc(N)c(C(=O)NCCC(C)O)s1. The van der Waals surface area contributed by atoms with Crippen LogP contribution in [0.15, 0.2) is 0 Å². The Morgan fingerprint density at radius 2 is 2.38 bits per heavy atom. The fourth-order valence-electron chi connectivity index (χ4n) is 1.08. The number of rotatable bonds is 5. The summed E-state index contributed by atoms with van der Waals surface area (Å²) in [6.45, 7) is 2.09. The third-order valence-corrected chi connectivity index (χ3v) is 3.01. The van der Waals surface area contributed by atoms with Gasteiger partial charge in [-0.1, -0.05) is 11.3 Å². The van der Waals surface area contributed by atoms with Gasteiger partial charge in [-0.05, 0) is 13.3 Å². The van der Waals surface area contributed by atoms with E-state index in [1.54, 1.807) is 14.0 Å². The molecule has 1 heterocycles. The second kappa shape index (κ2) is 5.66. The number of aliphatic hydroxyl groups is 1. The van der Waals surface area contributed by atoms with Crippen molar-refractivity contribution < 1.29 is 9.90 Å². The second-order valence-corrected chi connectivity index (χ2v) is 4.38. The zero-order valence-electron chi connectivity index (χ0n) is 9.28. The molecule has 0 saturated heterocycles. The Labute approximate surface area is 97.9 Å². The molecule has 0 radical (unpaired) electrons. The average molecular weight is 244 g/mol. The van der Waals surface area contributed by atoms with Crippen LogP contribution in [0.5, 0.6) is 0 Å². The number of carbonyl (C=O) groups excluding carboxylic acids is 1. The van der Waals surface area contributed by atoms with Crippen molar-refractivity contribution in [3.8, 4) is 0 Å². The lowest BCUT2D eigenvalue weighted by Gasteiger charge is -2.05. The minimum atomic E-state index is -0.424. The first-order valence-electron chi connectivity index (χ1n) is 4.95. The number of amides is 1. The third kappa shape index (κ3) is 3.35. The molecule has 5 N–H and O–H groups in total. The van der Waals surface area contributed by atoms with Crippen LogP contribution in [-0.2, 0) is 0 Å². The van der Waals surface area contributed by atoms with Crippen LogP contribution in [0, 0.1) is 0 Å². The predicted octanol–water partition coefficient (Wildman–Crippen LogP) is 0.268. The Morgan fingerprint density at radius 3 is 2.88 bits per heavy atom. The summed E-state index contributed by atoms with van der Waals surface area (Å²) in [4.78, 5) is 16.0. The Bertz CT molecular complexity index is 364. The molecule has 1 atom stereocenters. The van der Waals surface area contributed by atoms with E-state index in [4.69, 9.17) is 10.8 Å². The number of hydrogen-bond donors (Lipinski definition) is 4. The maximum Gasteiger partial charge on any atom is 0.265 e. The van der Waals surface area contributed by atoms with E-state index in [0.29, 0.717) is 23.0 Å². The lowest BCUT2D eigenvalue weighted by atomic mass is 10.3. The van der Waals surface area contributed by atoms with Crippen LogP contribution >= 0.6 is 11.3 Å². The van der Waals surface area contributed by atoms with Crippen molar-refractivity contribution in [2.45, 2.75) is 19.4 Å². The first kappa shape index (κ1) is 12.7. The normalized spacial score (nSPS) is 12.2. The number of anilines is 2. The summed E-state index contributed by atoms with van der Waals surface area (Å²) in [5.74, 6) is -0.0268. The number of aromatic nitrogens is 1. The topological polar surface area (TPSA) is 100 Å². The fourth-order valence-corrected chi connectivity index (χ4v) is 1.83. The van der Waals surface area contributed by atoms with Gasteiger partial charge in [0.15, 0.2) is 5.13 Å². The number of thiazole rings is 1. The van der Waals surface area contributed by atoms with Gasteiger partial charge in [0, 0.05) is 13.6 Å². The summed E-state index contributed by atoms with van der Waals surface area (Å²) in [7, 11) is 1.72. The fraction of sp³-hybridized carbons (Fsp3) is 0.556. The van der Waals surface area contributed by atoms with Gasteiger partial charge < -0.3 is 21.5 Å². The van der Waals surface area contributed by atoms with Gasteiger partial charge >= 0.3 is 0 Å². The molecule has 0 aliphatic heterocycles. The predicted molar refractivity (Wildman–Crippen MR) is 64.7 cm³/mol. The minimum Gasteiger partial charge on any atom is -0.393 e. The zero-order valence-corrected chi connectivity index (χ0v) is 10.1. The van der Waals surface area contributed by atoms with E-state index < -0.39 is 6.10 Å². The van der Waals surface area contributed by atoms with Crippen LogP contribution in [0.25, 0.3) is 0 Å². The maximum absolute atomic E-state index is 11.6. The molecule has 6 nitrogen and oxygen atoms in total. The average Bonchev–Trinajstić information content (AvgIpc) is 2.59. The Kier molecular flexibility index (Phi) is 4.51. The molecule has 1 amide bonds. The van der Waals surface area contributed by atoms with Gasteiger partial charge in [-0.3, -0.25) is 4.79 Å². The summed E-state index contributed by atoms with van der Waals surface area (Å²) in [5, 5.41) is 15.1. The van der Waals surface area contributed by atoms with E-state index in [9.17, 15) is 4.79 Å². The molecule has 0 aromatic carbocycles. The van der Waals surface area contributed by atoms with Crippen LogP contribution < -0.4 is 16.4 Å². The molecule has 90 valence electrons. The van der Waals surface area contributed by atoms with E-state index in [1.807, 2.05) is 0 Å². The van der Waals surface area contributed by atoms with Crippen LogP contribution in [-0.4, -0.2) is 35.7 Å². The highest BCUT2D eigenvalue weighted by molar-refractivity contribution is 7.18. The van der Waals surface area contributed by atoms with Gasteiger partial charge in [-0.25, -0.2) is 4.98 Å². The lowest BCUT2D eigenvalue weighted by molar-refractivity contribution is 0.0950. The van der Waals surface area contributed by atoms with Crippen molar-refractivity contribution in [3.05, 3.63) is 4.88 Å². The highest BCUT2D eigenvalue weighted by atomic mass is 32.1. The van der Waals surface area contributed by atoms with Crippen molar-refractivity contribution in [2.75, 3.05) is 24.6 Å². The number of carbonyl (C=O) groups is 1. The van der Waals surface area contributed by atoms with E-state index in [2.05, 4.69) is 15.6 Å². The molecular formula is C9H16N4O2S. The molecule has 0 fully saturated rings. The Balaban J connectivity index is 2.55. The Hall–Kier alpha value is -1.34. The zero-order chi connectivity index (χ0) is 12.1. The highest BCUT2D eigenvalue weighted by Gasteiger charge is 2.15. The Morgan fingerprint density at radius 1 is 1.69 bits per heavy atom. The van der Waals surface area contributed by atoms with Crippen molar-refractivity contribution in [1.82, 2.24) is 10.3 Å². The van der Waals surface area contributed by atoms with Crippen molar-refractivity contribution in [3.63, 3.8) is 0 Å². The van der Waals surface area contributed by atoms with Crippen LogP contribution in [0.4, 0.5) is 10.9 Å². The molecule has 1 aromatic heterocycles. The number of nitrogens with zero attached hydrogens (tertiary/aromatic N) is 1. The van der Waals surface area contributed by atoms with Crippen molar-refractivity contribution >= 4 is 28.2 Å². The summed E-state index contributed by atoms with van der Waals surface area (Å²) in [6, 6.07) is 0. The van der Waals surface area contributed by atoms with Gasteiger partial charge in [0.1, 0.15) is 10.7 Å². The smallest absolute Gasteiger partial charge is 0.265 e. The number of nitrogens with one attached hydrogen (secondary N) is 2. The number of nitrogen functional groups attached to an aromatic ring is 1. The van der Waals surface area contributed by atoms with Gasteiger partial charge in [-0.15, -0.1) is 0 Å². The molecule has 1 rings (SSSR count). The summed E-state index contributed by atoms with van der Waals surface area (Å²) < 4.78 is 0. The monoisotopic (exact) mass is 244 g/mol. The quantitative estimate of drug-likeness (QED) is 0.595. The number of nitrogens with two attached hydrogens (primary N) is 1. The first-order valence-corrected chi connectivity index (χ1v) is 5.76. The van der Waals surface area contributed by atoms with Crippen molar-refractivity contribution in [1.29, 1.82) is 0 Å². The summed E-state index contributed by atoms with van der Waals surface area (Å²) in [6.07, 6.45) is 0.0931.